The number of carbonyl (C=O) groups excluding carboxylic acids is 1. The lowest BCUT2D eigenvalue weighted by molar-refractivity contribution is -0.121. The van der Waals surface area contributed by atoms with Crippen molar-refractivity contribution in [2.45, 2.75) is 17.9 Å². The van der Waals surface area contributed by atoms with Gasteiger partial charge in [0, 0.05) is 19.2 Å². The lowest BCUT2D eigenvalue weighted by Gasteiger charge is -2.22. The molecule has 0 heterocycles. The molecule has 3 rings (SSSR count). The first kappa shape index (κ1) is 26.1. The summed E-state index contributed by atoms with van der Waals surface area (Å²) >= 11 is 0. The number of carbonyl (C=O) groups is 1. The predicted molar refractivity (Wildman–Crippen MR) is 133 cm³/mol. The van der Waals surface area contributed by atoms with Crippen molar-refractivity contribution in [3.05, 3.63) is 83.9 Å². The summed E-state index contributed by atoms with van der Waals surface area (Å²) in [6.45, 7) is 0.0854. The standard InChI is InChI=1S/C26H30N2O6S/c1-32-22-11-9-21(10-12-22)18-27-26(29)19-28(16-15-20-7-5-4-6-8-20)35(30,31)23-13-14-24(33-2)25(17-23)34-3/h4-14,17H,15-16,18-19H2,1-3H3,(H,27,29). The second kappa shape index (κ2) is 12.2. The molecule has 0 aliphatic heterocycles. The zero-order valence-electron chi connectivity index (χ0n) is 20.1. The van der Waals surface area contributed by atoms with E-state index >= 15 is 0 Å². The van der Waals surface area contributed by atoms with Crippen LogP contribution in [0.2, 0.25) is 0 Å². The summed E-state index contributed by atoms with van der Waals surface area (Å²) in [5.74, 6) is 1.02. The van der Waals surface area contributed by atoms with Crippen molar-refractivity contribution in [1.82, 2.24) is 9.62 Å². The van der Waals surface area contributed by atoms with Crippen molar-refractivity contribution in [2.24, 2.45) is 0 Å². The Balaban J connectivity index is 1.78. The first-order valence-corrected chi connectivity index (χ1v) is 12.5. The van der Waals surface area contributed by atoms with Crippen LogP contribution in [-0.2, 0) is 27.8 Å². The van der Waals surface area contributed by atoms with E-state index in [4.69, 9.17) is 14.2 Å². The summed E-state index contributed by atoms with van der Waals surface area (Å²) in [6.07, 6.45) is 0.457. The van der Waals surface area contributed by atoms with Crippen molar-refractivity contribution in [3.8, 4) is 17.2 Å². The molecule has 0 spiro atoms. The molecule has 0 fully saturated rings. The van der Waals surface area contributed by atoms with Crippen LogP contribution in [0.5, 0.6) is 17.2 Å². The van der Waals surface area contributed by atoms with Gasteiger partial charge in [-0.1, -0.05) is 42.5 Å². The molecule has 3 aromatic rings. The number of ether oxygens (including phenoxy) is 3. The molecule has 9 heteroatoms. The van der Waals surface area contributed by atoms with E-state index < -0.39 is 15.9 Å². The van der Waals surface area contributed by atoms with Gasteiger partial charge in [0.15, 0.2) is 11.5 Å². The third-order valence-corrected chi connectivity index (χ3v) is 7.30. The highest BCUT2D eigenvalue weighted by Gasteiger charge is 2.27. The Morgan fingerprint density at radius 3 is 2.14 bits per heavy atom. The molecule has 0 aliphatic rings. The van der Waals surface area contributed by atoms with Gasteiger partial charge < -0.3 is 19.5 Å². The van der Waals surface area contributed by atoms with Crippen LogP contribution < -0.4 is 19.5 Å². The Hall–Kier alpha value is -3.56. The Labute approximate surface area is 206 Å². The highest BCUT2D eigenvalue weighted by molar-refractivity contribution is 7.89. The van der Waals surface area contributed by atoms with E-state index in [1.165, 1.54) is 36.7 Å². The molecule has 0 atom stereocenters. The van der Waals surface area contributed by atoms with Gasteiger partial charge in [0.05, 0.1) is 32.8 Å². The van der Waals surface area contributed by atoms with E-state index in [0.29, 0.717) is 23.7 Å². The molecule has 0 saturated heterocycles. The molecule has 0 unspecified atom stereocenters. The van der Waals surface area contributed by atoms with E-state index in [-0.39, 0.29) is 24.5 Å². The molecular weight excluding hydrogens is 468 g/mol. The molecule has 8 nitrogen and oxygen atoms in total. The molecule has 3 aromatic carbocycles. The third kappa shape index (κ3) is 6.97. The van der Waals surface area contributed by atoms with Crippen molar-refractivity contribution < 1.29 is 27.4 Å². The van der Waals surface area contributed by atoms with Crippen LogP contribution in [0.1, 0.15) is 11.1 Å². The lowest BCUT2D eigenvalue weighted by Crippen LogP contribution is -2.41. The number of hydrogen-bond acceptors (Lipinski definition) is 6. The third-order valence-electron chi connectivity index (χ3n) is 5.45. The SMILES string of the molecule is COc1ccc(CNC(=O)CN(CCc2ccccc2)S(=O)(=O)c2ccc(OC)c(OC)c2)cc1. The van der Waals surface area contributed by atoms with E-state index in [9.17, 15) is 13.2 Å². The van der Waals surface area contributed by atoms with E-state index in [0.717, 1.165) is 11.1 Å². The second-order valence-corrected chi connectivity index (χ2v) is 9.65. The van der Waals surface area contributed by atoms with Crippen LogP contribution in [0.25, 0.3) is 0 Å². The van der Waals surface area contributed by atoms with Crippen molar-refractivity contribution in [1.29, 1.82) is 0 Å². The van der Waals surface area contributed by atoms with Gasteiger partial charge in [0.25, 0.3) is 0 Å². The number of rotatable bonds is 12. The average Bonchev–Trinajstić information content (AvgIpc) is 2.90. The first-order chi connectivity index (χ1) is 16.9. The van der Waals surface area contributed by atoms with Crippen LogP contribution in [-0.4, -0.2) is 53.0 Å². The largest absolute Gasteiger partial charge is 0.497 e. The molecule has 0 aliphatic carbocycles. The monoisotopic (exact) mass is 498 g/mol. The quantitative estimate of drug-likeness (QED) is 0.412. The van der Waals surface area contributed by atoms with Crippen molar-refractivity contribution in [3.63, 3.8) is 0 Å². The average molecular weight is 499 g/mol. The first-order valence-electron chi connectivity index (χ1n) is 11.0. The Kier molecular flexibility index (Phi) is 9.11. The smallest absolute Gasteiger partial charge is 0.243 e. The van der Waals surface area contributed by atoms with Gasteiger partial charge in [-0.25, -0.2) is 8.42 Å². The number of methoxy groups -OCH3 is 3. The second-order valence-electron chi connectivity index (χ2n) is 7.72. The minimum Gasteiger partial charge on any atom is -0.497 e. The zero-order valence-corrected chi connectivity index (χ0v) is 20.9. The maximum absolute atomic E-state index is 13.5. The number of benzene rings is 3. The fourth-order valence-electron chi connectivity index (χ4n) is 3.47. The summed E-state index contributed by atoms with van der Waals surface area (Å²) < 4.78 is 43.9. The van der Waals surface area contributed by atoms with Gasteiger partial charge in [-0.05, 0) is 41.8 Å². The maximum Gasteiger partial charge on any atom is 0.243 e. The van der Waals surface area contributed by atoms with Crippen LogP contribution >= 0.6 is 0 Å². The number of nitrogens with zero attached hydrogens (tertiary/aromatic N) is 1. The molecule has 35 heavy (non-hydrogen) atoms. The maximum atomic E-state index is 13.5. The molecular formula is C26H30N2O6S. The molecule has 186 valence electrons. The minimum absolute atomic E-state index is 0.0196. The van der Waals surface area contributed by atoms with Gasteiger partial charge in [0.2, 0.25) is 15.9 Å². The number of hydrogen-bond donors (Lipinski definition) is 1. The highest BCUT2D eigenvalue weighted by Crippen LogP contribution is 2.30. The van der Waals surface area contributed by atoms with Crippen molar-refractivity contribution in [2.75, 3.05) is 34.4 Å². The van der Waals surface area contributed by atoms with Crippen molar-refractivity contribution >= 4 is 15.9 Å². The van der Waals surface area contributed by atoms with Crippen LogP contribution in [0, 0.1) is 0 Å². The summed E-state index contributed by atoms with van der Waals surface area (Å²) in [5, 5.41) is 2.80. The normalized spacial score (nSPS) is 11.2. The van der Waals surface area contributed by atoms with Gasteiger partial charge in [-0.3, -0.25) is 4.79 Å². The highest BCUT2D eigenvalue weighted by atomic mass is 32.2. The van der Waals surface area contributed by atoms with Gasteiger partial charge in [0.1, 0.15) is 5.75 Å². The van der Waals surface area contributed by atoms with Gasteiger partial charge in [-0.2, -0.15) is 4.31 Å². The number of sulfonamides is 1. The summed E-state index contributed by atoms with van der Waals surface area (Å²) in [4.78, 5) is 12.8. The molecule has 1 N–H and O–H groups in total. The fourth-order valence-corrected chi connectivity index (χ4v) is 4.88. The molecule has 0 aromatic heterocycles. The summed E-state index contributed by atoms with van der Waals surface area (Å²) in [7, 11) is 0.504. The Morgan fingerprint density at radius 1 is 0.829 bits per heavy atom. The zero-order chi connectivity index (χ0) is 25.3. The summed E-state index contributed by atoms with van der Waals surface area (Å²) in [6, 6.07) is 21.2. The molecule has 0 bridgehead atoms. The Bertz CT molecular complexity index is 1210. The molecule has 0 saturated carbocycles. The van der Waals surface area contributed by atoms with E-state index in [1.54, 1.807) is 19.2 Å². The summed E-state index contributed by atoms with van der Waals surface area (Å²) in [5.41, 5.74) is 1.84. The lowest BCUT2D eigenvalue weighted by atomic mass is 10.1. The minimum atomic E-state index is -4.00. The Morgan fingerprint density at radius 2 is 1.51 bits per heavy atom. The predicted octanol–water partition coefficient (Wildman–Crippen LogP) is 3.26. The topological polar surface area (TPSA) is 94.2 Å². The number of nitrogens with one attached hydrogen (secondary N) is 1. The van der Waals surface area contributed by atoms with Gasteiger partial charge in [-0.15, -0.1) is 0 Å². The van der Waals surface area contributed by atoms with Crippen LogP contribution in [0.15, 0.2) is 77.7 Å². The molecule has 0 radical (unpaired) electrons. The van der Waals surface area contributed by atoms with Crippen LogP contribution in [0.4, 0.5) is 0 Å². The number of amides is 1. The fraction of sp³-hybridized carbons (Fsp3) is 0.269. The van der Waals surface area contributed by atoms with E-state index in [1.807, 2.05) is 42.5 Å². The van der Waals surface area contributed by atoms with Crippen LogP contribution in [0.3, 0.4) is 0 Å². The van der Waals surface area contributed by atoms with Gasteiger partial charge >= 0.3 is 0 Å². The van der Waals surface area contributed by atoms with E-state index in [2.05, 4.69) is 5.32 Å². The molecule has 1 amide bonds.